The summed E-state index contributed by atoms with van der Waals surface area (Å²) < 4.78 is 39.6. The van der Waals surface area contributed by atoms with Crippen molar-refractivity contribution >= 4 is 11.8 Å². The fourth-order valence-electron chi connectivity index (χ4n) is 2.65. The maximum absolute atomic E-state index is 12.7. The van der Waals surface area contributed by atoms with Gasteiger partial charge in [-0.3, -0.25) is 5.32 Å². The lowest BCUT2D eigenvalue weighted by Crippen LogP contribution is -2.36. The molecule has 9 heteroatoms. The van der Waals surface area contributed by atoms with Gasteiger partial charge in [0.25, 0.3) is 0 Å². The van der Waals surface area contributed by atoms with Crippen molar-refractivity contribution in [2.24, 2.45) is 5.92 Å². The van der Waals surface area contributed by atoms with Crippen LogP contribution in [0.1, 0.15) is 17.9 Å². The number of aromatic nitrogens is 3. The number of anilines is 1. The van der Waals surface area contributed by atoms with Crippen molar-refractivity contribution in [3.05, 3.63) is 42.1 Å². The molecule has 1 atom stereocenters. The van der Waals surface area contributed by atoms with E-state index in [1.807, 2.05) is 0 Å². The third-order valence-corrected chi connectivity index (χ3v) is 3.84. The first kappa shape index (κ1) is 16.3. The quantitative estimate of drug-likeness (QED) is 0.903. The summed E-state index contributed by atoms with van der Waals surface area (Å²) >= 11 is 0. The Kier molecular flexibility index (Phi) is 4.41. The highest BCUT2D eigenvalue weighted by Gasteiger charge is 2.35. The van der Waals surface area contributed by atoms with Crippen LogP contribution in [-0.2, 0) is 19.1 Å². The molecule has 6 nitrogen and oxygen atoms in total. The molecular weight excluding hydrogens is 323 g/mol. The van der Waals surface area contributed by atoms with Crippen LogP contribution in [0.2, 0.25) is 0 Å². The molecule has 2 N–H and O–H groups in total. The van der Waals surface area contributed by atoms with Crippen LogP contribution in [0.3, 0.4) is 0 Å². The monoisotopic (exact) mass is 339 g/mol. The summed E-state index contributed by atoms with van der Waals surface area (Å²) in [4.78, 5) is 19.4. The van der Waals surface area contributed by atoms with Crippen LogP contribution in [0.5, 0.6) is 0 Å². The van der Waals surface area contributed by atoms with Crippen molar-refractivity contribution in [2.45, 2.75) is 25.6 Å². The Hall–Kier alpha value is -2.58. The molecule has 0 spiro atoms. The van der Waals surface area contributed by atoms with Crippen molar-refractivity contribution in [3.8, 4) is 0 Å². The highest BCUT2D eigenvalue weighted by Crippen LogP contribution is 2.30. The van der Waals surface area contributed by atoms with E-state index in [-0.39, 0.29) is 11.9 Å². The van der Waals surface area contributed by atoms with Gasteiger partial charge >= 0.3 is 12.2 Å². The van der Waals surface area contributed by atoms with E-state index in [2.05, 4.69) is 20.6 Å². The highest BCUT2D eigenvalue weighted by molar-refractivity contribution is 5.88. The maximum atomic E-state index is 12.7. The molecule has 0 bridgehead atoms. The molecule has 2 amide bonds. The van der Waals surface area contributed by atoms with Crippen molar-refractivity contribution in [1.82, 2.24) is 19.9 Å². The van der Waals surface area contributed by atoms with E-state index in [0.29, 0.717) is 37.6 Å². The fourth-order valence-corrected chi connectivity index (χ4v) is 2.65. The van der Waals surface area contributed by atoms with Crippen LogP contribution in [-0.4, -0.2) is 27.1 Å². The molecule has 2 aromatic rings. The van der Waals surface area contributed by atoms with Gasteiger partial charge in [0, 0.05) is 31.9 Å². The van der Waals surface area contributed by atoms with Gasteiger partial charge in [-0.15, -0.1) is 0 Å². The van der Waals surface area contributed by atoms with Gasteiger partial charge in [-0.05, 0) is 24.5 Å². The number of nitrogens with zero attached hydrogens (tertiary/aromatic N) is 3. The number of amides is 2. The van der Waals surface area contributed by atoms with Crippen LogP contribution < -0.4 is 10.6 Å². The van der Waals surface area contributed by atoms with E-state index in [4.69, 9.17) is 0 Å². The molecule has 0 fully saturated rings. The lowest BCUT2D eigenvalue weighted by Gasteiger charge is -2.23. The average molecular weight is 339 g/mol. The molecule has 0 saturated carbocycles. The molecule has 1 aliphatic heterocycles. The number of carbonyl (C=O) groups excluding carboxylic acids is 1. The summed E-state index contributed by atoms with van der Waals surface area (Å²) in [5.41, 5.74) is -0.862. The van der Waals surface area contributed by atoms with Gasteiger partial charge in [-0.2, -0.15) is 13.2 Å². The molecule has 0 aromatic carbocycles. The largest absolute Gasteiger partial charge is 0.434 e. The Morgan fingerprint density at radius 2 is 2.21 bits per heavy atom. The smallest absolute Gasteiger partial charge is 0.337 e. The van der Waals surface area contributed by atoms with Crippen LogP contribution in [0, 0.1) is 5.92 Å². The number of aryl methyl sites for hydroxylation is 1. The molecule has 0 unspecified atom stereocenters. The Morgan fingerprint density at radius 3 is 2.92 bits per heavy atom. The maximum Gasteiger partial charge on any atom is 0.434 e. The number of hydrogen-bond acceptors (Lipinski definition) is 3. The van der Waals surface area contributed by atoms with Crippen molar-refractivity contribution in [3.63, 3.8) is 0 Å². The van der Waals surface area contributed by atoms with E-state index in [9.17, 15) is 18.0 Å². The van der Waals surface area contributed by atoms with Crippen molar-refractivity contribution < 1.29 is 18.0 Å². The Labute approximate surface area is 136 Å². The van der Waals surface area contributed by atoms with E-state index in [0.717, 1.165) is 6.20 Å². The Bertz CT molecular complexity index is 714. The predicted molar refractivity (Wildman–Crippen MR) is 80.3 cm³/mol. The average Bonchev–Trinajstić information content (AvgIpc) is 2.97. The summed E-state index contributed by atoms with van der Waals surface area (Å²) in [5, 5.41) is 5.32. The number of fused-ring (bicyclic) bond motifs is 1. The standard InChI is InChI=1S/C15H16F3N5O/c16-15(17,18)11-9-23-8-10(4-5-13(23)21-11)7-20-14(24)22-12-3-1-2-6-19-12/h1-3,6,9-10H,4-5,7-8H2,(H2,19,20,22,24)/t10-/m1/s1. The predicted octanol–water partition coefficient (Wildman–Crippen LogP) is 2.68. The molecular formula is C15H16F3N5O. The summed E-state index contributed by atoms with van der Waals surface area (Å²) in [5.74, 6) is 0.934. The lowest BCUT2D eigenvalue weighted by atomic mass is 9.99. The second-order valence-electron chi connectivity index (χ2n) is 5.65. The Morgan fingerprint density at radius 1 is 1.38 bits per heavy atom. The number of hydrogen-bond donors (Lipinski definition) is 2. The van der Waals surface area contributed by atoms with Crippen LogP contribution in [0.15, 0.2) is 30.6 Å². The fraction of sp³-hybridized carbons (Fsp3) is 0.400. The number of pyridine rings is 1. The van der Waals surface area contributed by atoms with Gasteiger partial charge in [-0.1, -0.05) is 6.07 Å². The first-order valence-electron chi connectivity index (χ1n) is 7.51. The third-order valence-electron chi connectivity index (χ3n) is 3.84. The number of urea groups is 1. The molecule has 0 saturated heterocycles. The summed E-state index contributed by atoms with van der Waals surface area (Å²) in [6.07, 6.45) is -0.686. The highest BCUT2D eigenvalue weighted by atomic mass is 19.4. The number of carbonyl (C=O) groups is 1. The molecule has 0 aliphatic carbocycles. The van der Waals surface area contributed by atoms with Crippen LogP contribution in [0.4, 0.5) is 23.8 Å². The zero-order chi connectivity index (χ0) is 17.2. The molecule has 128 valence electrons. The normalized spacial score (nSPS) is 17.2. The minimum absolute atomic E-state index is 0.0577. The number of imidazole rings is 1. The van der Waals surface area contributed by atoms with E-state index < -0.39 is 11.9 Å². The molecule has 0 radical (unpaired) electrons. The van der Waals surface area contributed by atoms with E-state index in [1.165, 1.54) is 4.57 Å². The van der Waals surface area contributed by atoms with Gasteiger partial charge in [0.2, 0.25) is 0 Å². The topological polar surface area (TPSA) is 71.8 Å². The zero-order valence-electron chi connectivity index (χ0n) is 12.7. The van der Waals surface area contributed by atoms with E-state index in [1.54, 1.807) is 24.4 Å². The van der Waals surface area contributed by atoms with E-state index >= 15 is 0 Å². The first-order chi connectivity index (χ1) is 11.4. The van der Waals surface area contributed by atoms with Gasteiger partial charge in [0.05, 0.1) is 0 Å². The molecule has 2 aromatic heterocycles. The van der Waals surface area contributed by atoms with Crippen molar-refractivity contribution in [1.29, 1.82) is 0 Å². The van der Waals surface area contributed by atoms with Crippen molar-refractivity contribution in [2.75, 3.05) is 11.9 Å². The summed E-state index contributed by atoms with van der Waals surface area (Å²) in [7, 11) is 0. The summed E-state index contributed by atoms with van der Waals surface area (Å²) in [6.45, 7) is 0.778. The first-order valence-corrected chi connectivity index (χ1v) is 7.51. The van der Waals surface area contributed by atoms with Crippen LogP contribution in [0.25, 0.3) is 0 Å². The third kappa shape index (κ3) is 3.84. The SMILES string of the molecule is O=C(NC[C@H]1CCc2nc(C(F)(F)F)cn2C1)Nc1ccccn1. The molecule has 3 heterocycles. The number of halogens is 3. The van der Waals surface area contributed by atoms with Gasteiger partial charge in [0.1, 0.15) is 11.6 Å². The minimum atomic E-state index is -4.43. The minimum Gasteiger partial charge on any atom is -0.337 e. The molecule has 1 aliphatic rings. The zero-order valence-corrected chi connectivity index (χ0v) is 12.7. The van der Waals surface area contributed by atoms with Gasteiger partial charge in [0.15, 0.2) is 5.69 Å². The van der Waals surface area contributed by atoms with Gasteiger partial charge in [-0.25, -0.2) is 14.8 Å². The van der Waals surface area contributed by atoms with Gasteiger partial charge < -0.3 is 9.88 Å². The second kappa shape index (κ2) is 6.50. The molecule has 3 rings (SSSR count). The number of nitrogens with one attached hydrogen (secondary N) is 2. The second-order valence-corrected chi connectivity index (χ2v) is 5.65. The summed E-state index contributed by atoms with van der Waals surface area (Å²) in [6, 6.07) is 4.77. The lowest BCUT2D eigenvalue weighted by molar-refractivity contribution is -0.141. The Balaban J connectivity index is 1.53. The molecule has 24 heavy (non-hydrogen) atoms. The number of alkyl halides is 3. The van der Waals surface area contributed by atoms with Crippen LogP contribution >= 0.6 is 0 Å². The number of rotatable bonds is 3.